The molecule has 0 aliphatic carbocycles. The van der Waals surface area contributed by atoms with Crippen LogP contribution in [0.4, 0.5) is 0 Å². The Bertz CT molecular complexity index is 738. The maximum atomic E-state index is 12.7. The number of nitrogens with zero attached hydrogens (tertiary/aromatic N) is 2. The molecule has 1 aromatic rings. The Morgan fingerprint density at radius 1 is 1.05 bits per heavy atom. The van der Waals surface area contributed by atoms with E-state index in [1.807, 2.05) is 0 Å². The van der Waals surface area contributed by atoms with E-state index in [2.05, 4.69) is 5.32 Å². The van der Waals surface area contributed by atoms with Gasteiger partial charge in [0.2, 0.25) is 20.0 Å². The highest BCUT2D eigenvalue weighted by molar-refractivity contribution is 7.90. The minimum absolute atomic E-state index is 0.00942. The Morgan fingerprint density at radius 3 is 2.14 bits per heavy atom. The van der Waals surface area contributed by atoms with Crippen LogP contribution in [0.15, 0.2) is 34.1 Å². The van der Waals surface area contributed by atoms with Crippen molar-refractivity contribution in [2.24, 2.45) is 0 Å². The molecule has 1 N–H and O–H groups in total. The Morgan fingerprint density at radius 2 is 1.64 bits per heavy atom. The molecule has 0 amide bonds. The predicted octanol–water partition coefficient (Wildman–Crippen LogP) is -0.0807. The lowest BCUT2D eigenvalue weighted by Gasteiger charge is -2.23. The number of nitrogens with one attached hydrogen (secondary N) is 1. The van der Waals surface area contributed by atoms with Gasteiger partial charge in [0.1, 0.15) is 0 Å². The van der Waals surface area contributed by atoms with Crippen LogP contribution in [0, 0.1) is 0 Å². The van der Waals surface area contributed by atoms with Crippen molar-refractivity contribution < 1.29 is 16.8 Å². The van der Waals surface area contributed by atoms with Gasteiger partial charge in [0, 0.05) is 33.7 Å². The van der Waals surface area contributed by atoms with Crippen LogP contribution in [0.5, 0.6) is 0 Å². The van der Waals surface area contributed by atoms with Gasteiger partial charge >= 0.3 is 0 Å². The summed E-state index contributed by atoms with van der Waals surface area (Å²) in [4.78, 5) is -0.0404. The minimum atomic E-state index is -3.72. The van der Waals surface area contributed by atoms with Crippen molar-refractivity contribution in [3.63, 3.8) is 0 Å². The van der Waals surface area contributed by atoms with E-state index < -0.39 is 20.0 Å². The van der Waals surface area contributed by atoms with Crippen molar-refractivity contribution in [1.82, 2.24) is 13.9 Å². The molecule has 124 valence electrons. The third-order valence-corrected chi connectivity index (χ3v) is 7.53. The molecular formula is C13H21N3O4S2. The summed E-state index contributed by atoms with van der Waals surface area (Å²) in [6.45, 7) is 1.38. The molecule has 22 heavy (non-hydrogen) atoms. The normalized spacial score (nSPS) is 20.0. The Labute approximate surface area is 132 Å². The standard InChI is InChI=1S/C13H21N3O4S2/c1-15(2)21(17,18)12-5-4-6-13(9-12)22(19,20)16(3)11-7-8-14-10-11/h4-6,9,11,14H,7-8,10H2,1-3H3. The van der Waals surface area contributed by atoms with Crippen molar-refractivity contribution in [3.8, 4) is 0 Å². The van der Waals surface area contributed by atoms with Crippen LogP contribution < -0.4 is 5.32 Å². The van der Waals surface area contributed by atoms with E-state index in [-0.39, 0.29) is 15.8 Å². The van der Waals surface area contributed by atoms with Gasteiger partial charge in [-0.1, -0.05) is 6.07 Å². The minimum Gasteiger partial charge on any atom is -0.315 e. The molecule has 1 fully saturated rings. The Balaban J connectivity index is 2.40. The first-order valence-electron chi connectivity index (χ1n) is 6.88. The van der Waals surface area contributed by atoms with Gasteiger partial charge in [-0.15, -0.1) is 0 Å². The van der Waals surface area contributed by atoms with Gasteiger partial charge in [0.15, 0.2) is 0 Å². The molecule has 0 radical (unpaired) electrons. The molecule has 0 bridgehead atoms. The first-order valence-corrected chi connectivity index (χ1v) is 9.77. The second-order valence-corrected chi connectivity index (χ2v) is 9.58. The molecule has 1 heterocycles. The summed E-state index contributed by atoms with van der Waals surface area (Å²) in [6, 6.07) is 5.36. The third kappa shape index (κ3) is 3.18. The molecule has 0 aromatic heterocycles. The molecule has 1 aromatic carbocycles. The maximum absolute atomic E-state index is 12.7. The van der Waals surface area contributed by atoms with Crippen molar-refractivity contribution in [1.29, 1.82) is 0 Å². The van der Waals surface area contributed by atoms with Crippen molar-refractivity contribution in [3.05, 3.63) is 24.3 Å². The second kappa shape index (κ2) is 6.25. The van der Waals surface area contributed by atoms with Crippen molar-refractivity contribution >= 4 is 20.0 Å². The van der Waals surface area contributed by atoms with Crippen LogP contribution in [0.1, 0.15) is 6.42 Å². The lowest BCUT2D eigenvalue weighted by atomic mass is 10.3. The van der Waals surface area contributed by atoms with Gasteiger partial charge in [0.25, 0.3) is 0 Å². The molecule has 0 saturated carbocycles. The fourth-order valence-electron chi connectivity index (χ4n) is 2.32. The summed E-state index contributed by atoms with van der Waals surface area (Å²) in [6.07, 6.45) is 0.741. The van der Waals surface area contributed by atoms with Crippen LogP contribution in [0.2, 0.25) is 0 Å². The molecule has 1 unspecified atom stereocenters. The molecule has 9 heteroatoms. The summed E-state index contributed by atoms with van der Waals surface area (Å²) in [5.74, 6) is 0. The second-order valence-electron chi connectivity index (χ2n) is 5.43. The van der Waals surface area contributed by atoms with Crippen LogP contribution in [-0.2, 0) is 20.0 Å². The van der Waals surface area contributed by atoms with Gasteiger partial charge in [0.05, 0.1) is 9.79 Å². The van der Waals surface area contributed by atoms with Gasteiger partial charge < -0.3 is 5.32 Å². The van der Waals surface area contributed by atoms with Gasteiger partial charge in [-0.3, -0.25) is 0 Å². The molecule has 1 aliphatic rings. The van der Waals surface area contributed by atoms with E-state index >= 15 is 0 Å². The monoisotopic (exact) mass is 347 g/mol. The van der Waals surface area contributed by atoms with E-state index in [1.54, 1.807) is 0 Å². The predicted molar refractivity (Wildman–Crippen MR) is 83.5 cm³/mol. The molecule has 1 aliphatic heterocycles. The lowest BCUT2D eigenvalue weighted by molar-refractivity contribution is 0.387. The fourth-order valence-corrected chi connectivity index (χ4v) is 4.77. The smallest absolute Gasteiger partial charge is 0.243 e. The summed E-state index contributed by atoms with van der Waals surface area (Å²) in [7, 11) is -3.04. The molecule has 2 rings (SSSR count). The number of sulfonamides is 2. The fraction of sp³-hybridized carbons (Fsp3) is 0.538. The van der Waals surface area contributed by atoms with E-state index in [9.17, 15) is 16.8 Å². The highest BCUT2D eigenvalue weighted by Gasteiger charge is 2.30. The largest absolute Gasteiger partial charge is 0.315 e. The summed E-state index contributed by atoms with van der Waals surface area (Å²) in [5.41, 5.74) is 0. The quantitative estimate of drug-likeness (QED) is 0.805. The van der Waals surface area contributed by atoms with Crippen LogP contribution in [0.3, 0.4) is 0 Å². The number of hydrogen-bond donors (Lipinski definition) is 1. The topological polar surface area (TPSA) is 86.8 Å². The highest BCUT2D eigenvalue weighted by Crippen LogP contribution is 2.23. The average molecular weight is 347 g/mol. The van der Waals surface area contributed by atoms with Crippen molar-refractivity contribution in [2.75, 3.05) is 34.2 Å². The average Bonchev–Trinajstić information content (AvgIpc) is 3.00. The van der Waals surface area contributed by atoms with Gasteiger partial charge in [-0.2, -0.15) is 4.31 Å². The first-order chi connectivity index (χ1) is 10.2. The third-order valence-electron chi connectivity index (χ3n) is 3.81. The summed E-state index contributed by atoms with van der Waals surface area (Å²) >= 11 is 0. The number of hydrogen-bond acceptors (Lipinski definition) is 5. The SMILES string of the molecule is CN(C)S(=O)(=O)c1cccc(S(=O)(=O)N(C)C2CCNC2)c1. The van der Waals surface area contributed by atoms with E-state index in [0.29, 0.717) is 6.54 Å². The van der Waals surface area contributed by atoms with E-state index in [0.717, 1.165) is 17.3 Å². The van der Waals surface area contributed by atoms with E-state index in [4.69, 9.17) is 0 Å². The molecule has 0 spiro atoms. The van der Waals surface area contributed by atoms with Crippen LogP contribution >= 0.6 is 0 Å². The molecule has 7 nitrogen and oxygen atoms in total. The number of rotatable bonds is 5. The maximum Gasteiger partial charge on any atom is 0.243 e. The zero-order valence-electron chi connectivity index (χ0n) is 12.9. The zero-order valence-corrected chi connectivity index (χ0v) is 14.5. The lowest BCUT2D eigenvalue weighted by Crippen LogP contribution is -2.38. The molecular weight excluding hydrogens is 326 g/mol. The highest BCUT2D eigenvalue weighted by atomic mass is 32.2. The molecule has 1 atom stereocenters. The van der Waals surface area contributed by atoms with Gasteiger partial charge in [-0.05, 0) is 31.2 Å². The first kappa shape index (κ1) is 17.4. The van der Waals surface area contributed by atoms with Crippen molar-refractivity contribution in [2.45, 2.75) is 22.3 Å². The number of likely N-dealkylation sites (N-methyl/N-ethyl adjacent to an activating group) is 1. The summed E-state index contributed by atoms with van der Waals surface area (Å²) in [5, 5.41) is 3.12. The Kier molecular flexibility index (Phi) is 4.93. The summed E-state index contributed by atoms with van der Waals surface area (Å²) < 4.78 is 52.0. The molecule has 1 saturated heterocycles. The zero-order chi connectivity index (χ0) is 16.5. The van der Waals surface area contributed by atoms with Crippen LogP contribution in [-0.4, -0.2) is 65.7 Å². The van der Waals surface area contributed by atoms with Gasteiger partial charge in [-0.25, -0.2) is 21.1 Å². The number of benzene rings is 1. The van der Waals surface area contributed by atoms with E-state index in [1.165, 1.54) is 49.7 Å². The Hall–Kier alpha value is -1.00. The van der Waals surface area contributed by atoms with Crippen LogP contribution in [0.25, 0.3) is 0 Å².